The molecule has 2 rings (SSSR count). The normalized spacial score (nSPS) is 26.6. The molecule has 0 aromatic heterocycles. The number of carbonyl (C=O) groups excluding carboxylic acids is 2. The number of carbonyl (C=O) groups is 2. The molecule has 0 radical (unpaired) electrons. The Morgan fingerprint density at radius 1 is 0.857 bits per heavy atom. The minimum Gasteiger partial charge on any atom is -0.298 e. The Balaban J connectivity index is 2.28. The summed E-state index contributed by atoms with van der Waals surface area (Å²) >= 11 is 0. The Morgan fingerprint density at radius 3 is 1.86 bits per heavy atom. The molecule has 1 saturated carbocycles. The lowest BCUT2D eigenvalue weighted by molar-refractivity contribution is -0.141. The van der Waals surface area contributed by atoms with Crippen molar-refractivity contribution in [1.82, 2.24) is 0 Å². The van der Waals surface area contributed by atoms with Gasteiger partial charge in [-0.2, -0.15) is 0 Å². The van der Waals surface area contributed by atoms with Crippen LogP contribution in [0.4, 0.5) is 0 Å². The van der Waals surface area contributed by atoms with Gasteiger partial charge >= 0.3 is 0 Å². The van der Waals surface area contributed by atoms with Gasteiger partial charge in [0.25, 0.3) is 0 Å². The number of hydrogen-bond donors (Lipinski definition) is 0. The summed E-state index contributed by atoms with van der Waals surface area (Å²) in [5, 5.41) is 0. The van der Waals surface area contributed by atoms with E-state index in [1.165, 1.54) is 6.42 Å². The number of allylic oxidation sites excluding steroid dienone is 2. The second-order valence-corrected chi connectivity index (χ2v) is 4.37. The van der Waals surface area contributed by atoms with Gasteiger partial charge in [-0.05, 0) is 12.8 Å². The second-order valence-electron chi connectivity index (χ2n) is 4.37. The fraction of sp³-hybridized carbons (Fsp3) is 0.667. The van der Waals surface area contributed by atoms with Crippen LogP contribution in [-0.2, 0) is 9.59 Å². The monoisotopic (exact) mass is 192 g/mol. The summed E-state index contributed by atoms with van der Waals surface area (Å²) in [6, 6.07) is 0. The maximum atomic E-state index is 11.9. The van der Waals surface area contributed by atoms with Gasteiger partial charge in [-0.15, -0.1) is 0 Å². The standard InChI is InChI=1S/C12H16O2/c13-10-6-2-3-7-11(14)12(10)8-4-1-5-9-12/h2-3H,1,4-9H2. The van der Waals surface area contributed by atoms with Crippen molar-refractivity contribution in [3.05, 3.63) is 12.2 Å². The largest absolute Gasteiger partial charge is 0.298 e. The summed E-state index contributed by atoms with van der Waals surface area (Å²) in [5.41, 5.74) is -0.582. The van der Waals surface area contributed by atoms with E-state index in [-0.39, 0.29) is 11.6 Å². The van der Waals surface area contributed by atoms with E-state index in [1.807, 2.05) is 12.2 Å². The summed E-state index contributed by atoms with van der Waals surface area (Å²) in [6.45, 7) is 0. The zero-order valence-corrected chi connectivity index (χ0v) is 8.42. The second kappa shape index (κ2) is 3.68. The van der Waals surface area contributed by atoms with Crippen molar-refractivity contribution in [3.63, 3.8) is 0 Å². The third-order valence-electron chi connectivity index (χ3n) is 3.55. The fourth-order valence-electron chi connectivity index (χ4n) is 2.64. The first kappa shape index (κ1) is 9.63. The number of hydrogen-bond acceptors (Lipinski definition) is 2. The molecule has 0 N–H and O–H groups in total. The van der Waals surface area contributed by atoms with E-state index in [4.69, 9.17) is 0 Å². The van der Waals surface area contributed by atoms with E-state index >= 15 is 0 Å². The Kier molecular flexibility index (Phi) is 2.53. The summed E-state index contributed by atoms with van der Waals surface area (Å²) in [4.78, 5) is 23.9. The van der Waals surface area contributed by atoms with Crippen LogP contribution >= 0.6 is 0 Å². The molecular formula is C12H16O2. The van der Waals surface area contributed by atoms with Gasteiger partial charge in [-0.1, -0.05) is 31.4 Å². The van der Waals surface area contributed by atoms with Crippen LogP contribution in [0.1, 0.15) is 44.9 Å². The van der Waals surface area contributed by atoms with Crippen LogP contribution in [0.25, 0.3) is 0 Å². The third-order valence-corrected chi connectivity index (χ3v) is 3.55. The lowest BCUT2D eigenvalue weighted by Crippen LogP contribution is -2.40. The molecule has 0 unspecified atom stereocenters. The van der Waals surface area contributed by atoms with Crippen LogP contribution in [0.3, 0.4) is 0 Å². The van der Waals surface area contributed by atoms with Crippen LogP contribution in [0, 0.1) is 5.41 Å². The van der Waals surface area contributed by atoms with Crippen LogP contribution in [0.2, 0.25) is 0 Å². The Hall–Kier alpha value is -0.920. The van der Waals surface area contributed by atoms with Crippen molar-refractivity contribution in [2.45, 2.75) is 44.9 Å². The molecule has 2 heteroatoms. The molecule has 2 aliphatic carbocycles. The van der Waals surface area contributed by atoms with Gasteiger partial charge < -0.3 is 0 Å². The van der Waals surface area contributed by atoms with Gasteiger partial charge in [-0.3, -0.25) is 9.59 Å². The van der Waals surface area contributed by atoms with Crippen molar-refractivity contribution in [3.8, 4) is 0 Å². The van der Waals surface area contributed by atoms with E-state index in [9.17, 15) is 9.59 Å². The van der Waals surface area contributed by atoms with Crippen LogP contribution in [-0.4, -0.2) is 11.6 Å². The molecule has 0 atom stereocenters. The quantitative estimate of drug-likeness (QED) is 0.436. The average Bonchev–Trinajstić information content (AvgIpc) is 2.35. The molecule has 0 aliphatic heterocycles. The zero-order chi connectivity index (χ0) is 10.0. The van der Waals surface area contributed by atoms with E-state index in [2.05, 4.69) is 0 Å². The predicted molar refractivity (Wildman–Crippen MR) is 53.9 cm³/mol. The molecule has 0 aromatic rings. The lowest BCUT2D eigenvalue weighted by atomic mass is 9.67. The van der Waals surface area contributed by atoms with Crippen LogP contribution < -0.4 is 0 Å². The highest BCUT2D eigenvalue weighted by molar-refractivity contribution is 6.08. The number of ketones is 2. The molecule has 0 bridgehead atoms. The lowest BCUT2D eigenvalue weighted by Gasteiger charge is -2.33. The molecule has 1 fully saturated rings. The molecular weight excluding hydrogens is 176 g/mol. The van der Waals surface area contributed by atoms with Gasteiger partial charge in [0.2, 0.25) is 0 Å². The molecule has 1 spiro atoms. The summed E-state index contributed by atoms with van der Waals surface area (Å²) in [7, 11) is 0. The fourth-order valence-corrected chi connectivity index (χ4v) is 2.64. The maximum absolute atomic E-state index is 11.9. The first-order valence-corrected chi connectivity index (χ1v) is 5.47. The highest BCUT2D eigenvalue weighted by atomic mass is 16.2. The maximum Gasteiger partial charge on any atom is 0.150 e. The average molecular weight is 192 g/mol. The topological polar surface area (TPSA) is 34.1 Å². The molecule has 14 heavy (non-hydrogen) atoms. The summed E-state index contributed by atoms with van der Waals surface area (Å²) in [6.07, 6.45) is 9.48. The van der Waals surface area contributed by atoms with Crippen molar-refractivity contribution in [2.75, 3.05) is 0 Å². The van der Waals surface area contributed by atoms with Crippen LogP contribution in [0.15, 0.2) is 12.2 Å². The molecule has 0 heterocycles. The minimum atomic E-state index is -0.582. The molecule has 0 aromatic carbocycles. The molecule has 0 amide bonds. The van der Waals surface area contributed by atoms with Gasteiger partial charge in [0, 0.05) is 12.8 Å². The molecule has 2 aliphatic rings. The zero-order valence-electron chi connectivity index (χ0n) is 8.42. The highest BCUT2D eigenvalue weighted by Crippen LogP contribution is 2.40. The van der Waals surface area contributed by atoms with Gasteiger partial charge in [-0.25, -0.2) is 0 Å². The summed E-state index contributed by atoms with van der Waals surface area (Å²) < 4.78 is 0. The van der Waals surface area contributed by atoms with E-state index < -0.39 is 5.41 Å². The van der Waals surface area contributed by atoms with Gasteiger partial charge in [0.1, 0.15) is 11.6 Å². The third kappa shape index (κ3) is 1.43. The van der Waals surface area contributed by atoms with Crippen LogP contribution in [0.5, 0.6) is 0 Å². The van der Waals surface area contributed by atoms with Crippen molar-refractivity contribution < 1.29 is 9.59 Å². The van der Waals surface area contributed by atoms with Gasteiger partial charge in [0.05, 0.1) is 5.41 Å². The Bertz CT molecular complexity index is 261. The van der Waals surface area contributed by atoms with Crippen molar-refractivity contribution >= 4 is 11.6 Å². The molecule has 2 nitrogen and oxygen atoms in total. The molecule has 0 saturated heterocycles. The first-order chi connectivity index (χ1) is 6.76. The predicted octanol–water partition coefficient (Wildman–Crippen LogP) is 2.43. The number of rotatable bonds is 0. The van der Waals surface area contributed by atoms with E-state index in [0.717, 1.165) is 25.7 Å². The smallest absolute Gasteiger partial charge is 0.150 e. The highest BCUT2D eigenvalue weighted by Gasteiger charge is 2.44. The van der Waals surface area contributed by atoms with Crippen molar-refractivity contribution in [1.29, 1.82) is 0 Å². The molecule has 76 valence electrons. The first-order valence-electron chi connectivity index (χ1n) is 5.47. The van der Waals surface area contributed by atoms with Gasteiger partial charge in [0.15, 0.2) is 0 Å². The SMILES string of the molecule is O=C1CC=CCC(=O)C12CCCCC2. The van der Waals surface area contributed by atoms with E-state index in [0.29, 0.717) is 12.8 Å². The van der Waals surface area contributed by atoms with Crippen molar-refractivity contribution in [2.24, 2.45) is 5.41 Å². The summed E-state index contributed by atoms with van der Waals surface area (Å²) in [5.74, 6) is 0.326. The Morgan fingerprint density at radius 2 is 1.36 bits per heavy atom. The van der Waals surface area contributed by atoms with E-state index in [1.54, 1.807) is 0 Å². The number of Topliss-reactive ketones (excluding diaryl/α,β-unsaturated/α-hetero) is 2. The minimum absolute atomic E-state index is 0.163. The Labute approximate surface area is 84.4 Å².